The Bertz CT molecular complexity index is 558. The average molecular weight is 252 g/mol. The molecule has 19 heavy (non-hydrogen) atoms. The van der Waals surface area contributed by atoms with Crippen molar-refractivity contribution in [2.24, 2.45) is 0 Å². The fourth-order valence-corrected chi connectivity index (χ4v) is 1.76. The summed E-state index contributed by atoms with van der Waals surface area (Å²) in [5.41, 5.74) is 2.90. The minimum atomic E-state index is -0.267. The number of methoxy groups -OCH3 is 1. The lowest BCUT2D eigenvalue weighted by Gasteiger charge is -2.12. The van der Waals surface area contributed by atoms with E-state index in [1.165, 1.54) is 0 Å². The zero-order chi connectivity index (χ0) is 13.5. The van der Waals surface area contributed by atoms with E-state index in [0.29, 0.717) is 0 Å². The van der Waals surface area contributed by atoms with E-state index in [2.05, 4.69) is 11.8 Å². The maximum atomic E-state index is 9.15. The van der Waals surface area contributed by atoms with Gasteiger partial charge in [0.15, 0.2) is 0 Å². The van der Waals surface area contributed by atoms with Crippen molar-refractivity contribution >= 4 is 0 Å². The second-order valence-corrected chi connectivity index (χ2v) is 4.14. The highest BCUT2D eigenvalue weighted by molar-refractivity contribution is 5.43. The van der Waals surface area contributed by atoms with Crippen LogP contribution in [0.4, 0.5) is 0 Å². The molecule has 2 aromatic carbocycles. The maximum absolute atomic E-state index is 9.15. The van der Waals surface area contributed by atoms with Gasteiger partial charge in [-0.25, -0.2) is 0 Å². The molecule has 2 rings (SSSR count). The standard InChI is InChI=1S/C17H16O2/c1-19-17(13-18)16-11-9-15(10-12-16)8-7-14-5-3-2-4-6-14/h2-6,9-12,17-18H,13H2,1H3. The number of aliphatic hydroxyl groups is 1. The van der Waals surface area contributed by atoms with Crippen LogP contribution in [0, 0.1) is 11.8 Å². The van der Waals surface area contributed by atoms with Crippen LogP contribution in [-0.4, -0.2) is 18.8 Å². The highest BCUT2D eigenvalue weighted by atomic mass is 16.5. The van der Waals surface area contributed by atoms with Crippen LogP contribution < -0.4 is 0 Å². The molecule has 0 aliphatic carbocycles. The fraction of sp³-hybridized carbons (Fsp3) is 0.176. The normalized spacial score (nSPS) is 11.5. The number of ether oxygens (including phenoxy) is 1. The Labute approximate surface area is 113 Å². The lowest BCUT2D eigenvalue weighted by Crippen LogP contribution is -2.05. The van der Waals surface area contributed by atoms with Gasteiger partial charge in [0.25, 0.3) is 0 Å². The molecule has 0 heterocycles. The zero-order valence-corrected chi connectivity index (χ0v) is 10.8. The summed E-state index contributed by atoms with van der Waals surface area (Å²) >= 11 is 0. The average Bonchev–Trinajstić information content (AvgIpc) is 2.49. The molecule has 1 N–H and O–H groups in total. The van der Waals surface area contributed by atoms with Gasteiger partial charge in [-0.1, -0.05) is 42.2 Å². The molecular weight excluding hydrogens is 236 g/mol. The van der Waals surface area contributed by atoms with E-state index in [4.69, 9.17) is 9.84 Å². The first kappa shape index (κ1) is 13.4. The van der Waals surface area contributed by atoms with Crippen molar-refractivity contribution in [2.45, 2.75) is 6.10 Å². The van der Waals surface area contributed by atoms with E-state index < -0.39 is 0 Å². The van der Waals surface area contributed by atoms with Crippen LogP contribution in [0.2, 0.25) is 0 Å². The van der Waals surface area contributed by atoms with Crippen LogP contribution in [0.25, 0.3) is 0 Å². The molecule has 0 aliphatic heterocycles. The van der Waals surface area contributed by atoms with E-state index in [1.54, 1.807) is 7.11 Å². The molecule has 0 radical (unpaired) electrons. The first-order valence-corrected chi connectivity index (χ1v) is 6.14. The van der Waals surface area contributed by atoms with E-state index in [-0.39, 0.29) is 12.7 Å². The summed E-state index contributed by atoms with van der Waals surface area (Å²) in [6.45, 7) is -0.0223. The SMILES string of the molecule is COC(CO)c1ccc(C#Cc2ccccc2)cc1. The predicted molar refractivity (Wildman–Crippen MR) is 75.7 cm³/mol. The second-order valence-electron chi connectivity index (χ2n) is 4.14. The number of aliphatic hydroxyl groups excluding tert-OH is 1. The highest BCUT2D eigenvalue weighted by Gasteiger charge is 2.07. The Morgan fingerprint density at radius 3 is 2.05 bits per heavy atom. The quantitative estimate of drug-likeness (QED) is 0.851. The van der Waals surface area contributed by atoms with Gasteiger partial charge in [0, 0.05) is 18.2 Å². The topological polar surface area (TPSA) is 29.5 Å². The molecule has 0 fully saturated rings. The summed E-state index contributed by atoms with van der Waals surface area (Å²) in [6.07, 6.45) is -0.267. The lowest BCUT2D eigenvalue weighted by molar-refractivity contribution is 0.0484. The number of rotatable bonds is 3. The van der Waals surface area contributed by atoms with Crippen molar-refractivity contribution in [1.29, 1.82) is 0 Å². The monoisotopic (exact) mass is 252 g/mol. The van der Waals surface area contributed by atoms with Crippen LogP contribution in [0.1, 0.15) is 22.8 Å². The Balaban J connectivity index is 2.14. The van der Waals surface area contributed by atoms with Gasteiger partial charge in [0.1, 0.15) is 6.10 Å². The Morgan fingerprint density at radius 1 is 0.947 bits per heavy atom. The van der Waals surface area contributed by atoms with E-state index >= 15 is 0 Å². The van der Waals surface area contributed by atoms with Crippen molar-refractivity contribution in [2.75, 3.05) is 13.7 Å². The van der Waals surface area contributed by atoms with Crippen molar-refractivity contribution in [3.8, 4) is 11.8 Å². The third-order valence-electron chi connectivity index (χ3n) is 2.86. The molecule has 0 saturated carbocycles. The molecule has 2 heteroatoms. The van der Waals surface area contributed by atoms with Gasteiger partial charge < -0.3 is 9.84 Å². The van der Waals surface area contributed by atoms with Crippen LogP contribution >= 0.6 is 0 Å². The third-order valence-corrected chi connectivity index (χ3v) is 2.86. The minimum absolute atomic E-state index is 0.0223. The van der Waals surface area contributed by atoms with Gasteiger partial charge >= 0.3 is 0 Å². The maximum Gasteiger partial charge on any atom is 0.105 e. The fourth-order valence-electron chi connectivity index (χ4n) is 1.76. The summed E-state index contributed by atoms with van der Waals surface area (Å²) in [5.74, 6) is 6.22. The van der Waals surface area contributed by atoms with E-state index in [0.717, 1.165) is 16.7 Å². The second kappa shape index (κ2) is 6.75. The third kappa shape index (κ3) is 3.69. The Morgan fingerprint density at radius 2 is 1.53 bits per heavy atom. The summed E-state index contributed by atoms with van der Waals surface area (Å²) in [6, 6.07) is 17.6. The molecule has 0 saturated heterocycles. The van der Waals surface area contributed by atoms with Crippen LogP contribution in [0.15, 0.2) is 54.6 Å². The molecule has 0 spiro atoms. The van der Waals surface area contributed by atoms with Crippen molar-refractivity contribution < 1.29 is 9.84 Å². The number of benzene rings is 2. The molecule has 2 nitrogen and oxygen atoms in total. The molecule has 0 aromatic heterocycles. The highest BCUT2D eigenvalue weighted by Crippen LogP contribution is 2.16. The van der Waals surface area contributed by atoms with Crippen LogP contribution in [0.5, 0.6) is 0 Å². The lowest BCUT2D eigenvalue weighted by atomic mass is 10.1. The Kier molecular flexibility index (Phi) is 4.74. The van der Waals surface area contributed by atoms with Crippen molar-refractivity contribution in [3.05, 3.63) is 71.3 Å². The summed E-state index contributed by atoms with van der Waals surface area (Å²) in [5, 5.41) is 9.15. The molecule has 0 aliphatic rings. The van der Waals surface area contributed by atoms with Crippen LogP contribution in [-0.2, 0) is 4.74 Å². The molecule has 0 amide bonds. The smallest absolute Gasteiger partial charge is 0.105 e. The van der Waals surface area contributed by atoms with Gasteiger partial charge in [-0.2, -0.15) is 0 Å². The largest absolute Gasteiger partial charge is 0.393 e. The van der Waals surface area contributed by atoms with E-state index in [9.17, 15) is 0 Å². The number of hydrogen-bond donors (Lipinski definition) is 1. The first-order chi connectivity index (χ1) is 9.33. The van der Waals surface area contributed by atoms with Gasteiger partial charge in [0.2, 0.25) is 0 Å². The summed E-state index contributed by atoms with van der Waals surface area (Å²) in [4.78, 5) is 0. The van der Waals surface area contributed by atoms with Gasteiger partial charge in [-0.15, -0.1) is 0 Å². The van der Waals surface area contributed by atoms with Gasteiger partial charge in [-0.05, 0) is 29.8 Å². The van der Waals surface area contributed by atoms with Crippen LogP contribution in [0.3, 0.4) is 0 Å². The zero-order valence-electron chi connectivity index (χ0n) is 10.8. The number of hydrogen-bond acceptors (Lipinski definition) is 2. The predicted octanol–water partition coefficient (Wildman–Crippen LogP) is 2.77. The minimum Gasteiger partial charge on any atom is -0.393 e. The molecule has 0 bridgehead atoms. The van der Waals surface area contributed by atoms with Gasteiger partial charge in [0.05, 0.1) is 6.61 Å². The summed E-state index contributed by atoms with van der Waals surface area (Å²) < 4.78 is 5.17. The van der Waals surface area contributed by atoms with Crippen molar-refractivity contribution in [1.82, 2.24) is 0 Å². The van der Waals surface area contributed by atoms with Crippen molar-refractivity contribution in [3.63, 3.8) is 0 Å². The first-order valence-electron chi connectivity index (χ1n) is 6.14. The molecular formula is C17H16O2. The Hall–Kier alpha value is -2.08. The molecule has 1 atom stereocenters. The molecule has 1 unspecified atom stereocenters. The summed E-state index contributed by atoms with van der Waals surface area (Å²) in [7, 11) is 1.59. The van der Waals surface area contributed by atoms with E-state index in [1.807, 2.05) is 54.6 Å². The van der Waals surface area contributed by atoms with Gasteiger partial charge in [-0.3, -0.25) is 0 Å². The molecule has 2 aromatic rings. The molecule has 96 valence electrons.